The van der Waals surface area contributed by atoms with Crippen LogP contribution in [-0.4, -0.2) is 15.8 Å². The van der Waals surface area contributed by atoms with Gasteiger partial charge in [-0.15, -0.1) is 0 Å². The lowest BCUT2D eigenvalue weighted by molar-refractivity contribution is 0.0962. The van der Waals surface area contributed by atoms with E-state index in [0.717, 1.165) is 22.5 Å². The Kier molecular flexibility index (Phi) is 4.44. The molecule has 5 heteroatoms. The van der Waals surface area contributed by atoms with Crippen LogP contribution in [0.5, 0.6) is 0 Å². The van der Waals surface area contributed by atoms with Crippen LogP contribution in [-0.2, 0) is 6.42 Å². The van der Waals surface area contributed by atoms with E-state index in [1.807, 2.05) is 38.1 Å². The van der Waals surface area contributed by atoms with Crippen molar-refractivity contribution in [2.24, 2.45) is 0 Å². The maximum atomic E-state index is 13.2. The minimum absolute atomic E-state index is 0.00622. The second-order valence-corrected chi connectivity index (χ2v) is 7.03. The van der Waals surface area contributed by atoms with E-state index < -0.39 is 0 Å². The fourth-order valence-corrected chi connectivity index (χ4v) is 3.65. The first-order valence-electron chi connectivity index (χ1n) is 8.99. The molecule has 0 amide bonds. The van der Waals surface area contributed by atoms with Crippen LogP contribution >= 0.6 is 0 Å². The zero-order valence-corrected chi connectivity index (χ0v) is 15.3. The summed E-state index contributed by atoms with van der Waals surface area (Å²) in [6.07, 6.45) is 1.03. The summed E-state index contributed by atoms with van der Waals surface area (Å²) in [5, 5.41) is 3.23. The van der Waals surface area contributed by atoms with Crippen LogP contribution in [0.25, 0.3) is 0 Å². The monoisotopic (exact) mass is 361 g/mol. The lowest BCUT2D eigenvalue weighted by atomic mass is 9.81. The molecule has 4 nitrogen and oxygen atoms in total. The summed E-state index contributed by atoms with van der Waals surface area (Å²) in [5.74, 6) is 0.269. The standard InChI is InChI=1S/C22H20FN3O/c1-13-4-3-5-18(10-13)25-22-24-14(2)21-19(26-22)11-16(12-20(21)27)15-6-8-17(23)9-7-15/h3-10,16H,11-12H2,1-2H3,(H,24,25,26)/t16-/m1/s1. The van der Waals surface area contributed by atoms with Gasteiger partial charge in [-0.1, -0.05) is 24.3 Å². The van der Waals surface area contributed by atoms with Gasteiger partial charge in [-0.25, -0.2) is 14.4 Å². The molecule has 0 spiro atoms. The van der Waals surface area contributed by atoms with Crippen molar-refractivity contribution >= 4 is 17.4 Å². The molecule has 136 valence electrons. The first-order chi connectivity index (χ1) is 13.0. The smallest absolute Gasteiger partial charge is 0.227 e. The number of nitrogens with zero attached hydrogens (tertiary/aromatic N) is 2. The third-order valence-corrected chi connectivity index (χ3v) is 4.93. The molecule has 0 saturated heterocycles. The number of hydrogen-bond donors (Lipinski definition) is 1. The Balaban J connectivity index is 1.66. The Bertz CT molecular complexity index is 1010. The van der Waals surface area contributed by atoms with Crippen LogP contribution in [0.4, 0.5) is 16.0 Å². The molecule has 1 aliphatic carbocycles. The van der Waals surface area contributed by atoms with Crippen molar-refractivity contribution in [3.63, 3.8) is 0 Å². The molecule has 0 saturated carbocycles. The predicted octanol–water partition coefficient (Wildman–Crippen LogP) is 4.89. The average molecular weight is 361 g/mol. The molecular weight excluding hydrogens is 341 g/mol. The molecule has 1 aliphatic rings. The highest BCUT2D eigenvalue weighted by molar-refractivity contribution is 5.99. The molecule has 0 bridgehead atoms. The summed E-state index contributed by atoms with van der Waals surface area (Å²) in [7, 11) is 0. The Morgan fingerprint density at radius 1 is 1.04 bits per heavy atom. The van der Waals surface area contributed by atoms with E-state index in [0.29, 0.717) is 30.0 Å². The number of aromatic nitrogens is 2. The lowest BCUT2D eigenvalue weighted by Crippen LogP contribution is -2.22. The molecule has 0 radical (unpaired) electrons. The number of fused-ring (bicyclic) bond motifs is 1. The third-order valence-electron chi connectivity index (χ3n) is 4.93. The first-order valence-corrected chi connectivity index (χ1v) is 8.99. The van der Waals surface area contributed by atoms with E-state index in [1.54, 1.807) is 12.1 Å². The van der Waals surface area contributed by atoms with Gasteiger partial charge in [0, 0.05) is 12.1 Å². The first kappa shape index (κ1) is 17.3. The summed E-state index contributed by atoms with van der Waals surface area (Å²) < 4.78 is 13.2. The van der Waals surface area contributed by atoms with Gasteiger partial charge in [0.2, 0.25) is 5.95 Å². The number of aryl methyl sites for hydroxylation is 2. The Morgan fingerprint density at radius 3 is 2.56 bits per heavy atom. The van der Waals surface area contributed by atoms with Gasteiger partial charge in [-0.2, -0.15) is 0 Å². The van der Waals surface area contributed by atoms with Crippen LogP contribution in [0.15, 0.2) is 48.5 Å². The van der Waals surface area contributed by atoms with E-state index in [4.69, 9.17) is 0 Å². The minimum Gasteiger partial charge on any atom is -0.324 e. The number of rotatable bonds is 3. The van der Waals surface area contributed by atoms with Crippen molar-refractivity contribution < 1.29 is 9.18 Å². The fourth-order valence-electron chi connectivity index (χ4n) is 3.65. The molecule has 0 unspecified atom stereocenters. The highest BCUT2D eigenvalue weighted by atomic mass is 19.1. The summed E-state index contributed by atoms with van der Waals surface area (Å²) in [6.45, 7) is 3.87. The molecule has 27 heavy (non-hydrogen) atoms. The van der Waals surface area contributed by atoms with Gasteiger partial charge in [-0.3, -0.25) is 4.79 Å². The largest absolute Gasteiger partial charge is 0.324 e. The van der Waals surface area contributed by atoms with E-state index in [2.05, 4.69) is 15.3 Å². The zero-order valence-electron chi connectivity index (χ0n) is 15.3. The van der Waals surface area contributed by atoms with Gasteiger partial charge in [0.25, 0.3) is 0 Å². The summed E-state index contributed by atoms with van der Waals surface area (Å²) in [5.41, 5.74) is 5.08. The quantitative estimate of drug-likeness (QED) is 0.722. The van der Waals surface area contributed by atoms with E-state index in [9.17, 15) is 9.18 Å². The van der Waals surface area contributed by atoms with E-state index >= 15 is 0 Å². The SMILES string of the molecule is Cc1cccc(Nc2nc(C)c3c(n2)C[C@@H](c2ccc(F)cc2)CC3=O)c1. The number of carbonyl (C=O) groups is 1. The van der Waals surface area contributed by atoms with Crippen molar-refractivity contribution in [3.05, 3.63) is 82.4 Å². The second kappa shape index (κ2) is 6.91. The van der Waals surface area contributed by atoms with Crippen molar-refractivity contribution in [2.45, 2.75) is 32.6 Å². The number of halogens is 1. The second-order valence-electron chi connectivity index (χ2n) is 7.03. The molecule has 1 N–H and O–H groups in total. The maximum Gasteiger partial charge on any atom is 0.227 e. The van der Waals surface area contributed by atoms with Gasteiger partial charge in [0.1, 0.15) is 5.82 Å². The van der Waals surface area contributed by atoms with Gasteiger partial charge < -0.3 is 5.32 Å². The molecular formula is C22H20FN3O. The van der Waals surface area contributed by atoms with Crippen molar-refractivity contribution in [2.75, 3.05) is 5.32 Å². The molecule has 2 aromatic carbocycles. The van der Waals surface area contributed by atoms with Gasteiger partial charge in [-0.05, 0) is 61.6 Å². The van der Waals surface area contributed by atoms with Crippen LogP contribution in [0.1, 0.15) is 45.2 Å². The molecule has 1 heterocycles. The summed E-state index contributed by atoms with van der Waals surface area (Å²) in [4.78, 5) is 21.8. The van der Waals surface area contributed by atoms with Crippen LogP contribution in [0.2, 0.25) is 0 Å². The van der Waals surface area contributed by atoms with E-state index in [-0.39, 0.29) is 17.5 Å². The number of ketones is 1. The van der Waals surface area contributed by atoms with Crippen molar-refractivity contribution in [1.29, 1.82) is 0 Å². The van der Waals surface area contributed by atoms with Gasteiger partial charge in [0.15, 0.2) is 5.78 Å². The van der Waals surface area contributed by atoms with Gasteiger partial charge in [0.05, 0.1) is 17.0 Å². The number of hydrogen-bond acceptors (Lipinski definition) is 4. The predicted molar refractivity (Wildman–Crippen MR) is 103 cm³/mol. The highest BCUT2D eigenvalue weighted by Crippen LogP contribution is 2.33. The number of nitrogens with one attached hydrogen (secondary N) is 1. The topological polar surface area (TPSA) is 54.9 Å². The molecule has 4 rings (SSSR count). The Labute approximate surface area is 157 Å². The number of Topliss-reactive ketones (excluding diaryl/α,β-unsaturated/α-hetero) is 1. The molecule has 0 aliphatic heterocycles. The van der Waals surface area contributed by atoms with E-state index in [1.165, 1.54) is 12.1 Å². The average Bonchev–Trinajstić information content (AvgIpc) is 2.61. The minimum atomic E-state index is -0.274. The molecule has 3 aromatic rings. The lowest BCUT2D eigenvalue weighted by Gasteiger charge is -2.24. The maximum absolute atomic E-state index is 13.2. The Morgan fingerprint density at radius 2 is 1.81 bits per heavy atom. The highest BCUT2D eigenvalue weighted by Gasteiger charge is 2.29. The summed E-state index contributed by atoms with van der Waals surface area (Å²) >= 11 is 0. The molecule has 1 atom stereocenters. The van der Waals surface area contributed by atoms with Crippen LogP contribution in [0, 0.1) is 19.7 Å². The number of carbonyl (C=O) groups excluding carboxylic acids is 1. The fraction of sp³-hybridized carbons (Fsp3) is 0.227. The Hall–Kier alpha value is -3.08. The molecule has 1 aromatic heterocycles. The van der Waals surface area contributed by atoms with Gasteiger partial charge >= 0.3 is 0 Å². The van der Waals surface area contributed by atoms with Crippen molar-refractivity contribution in [1.82, 2.24) is 9.97 Å². The van der Waals surface area contributed by atoms with Crippen LogP contribution in [0.3, 0.4) is 0 Å². The third kappa shape index (κ3) is 3.58. The normalized spacial score (nSPS) is 16.1. The number of anilines is 2. The summed E-state index contributed by atoms with van der Waals surface area (Å²) in [6, 6.07) is 14.3. The van der Waals surface area contributed by atoms with Crippen LogP contribution < -0.4 is 5.32 Å². The molecule has 0 fully saturated rings. The van der Waals surface area contributed by atoms with Crippen molar-refractivity contribution in [3.8, 4) is 0 Å². The number of benzene rings is 2. The zero-order chi connectivity index (χ0) is 19.0.